The molecule has 0 aliphatic heterocycles. The second kappa shape index (κ2) is 4.81. The van der Waals surface area contributed by atoms with Crippen molar-refractivity contribution in [1.29, 1.82) is 0 Å². The Morgan fingerprint density at radius 3 is 2.42 bits per heavy atom. The van der Waals surface area contributed by atoms with E-state index in [4.69, 9.17) is 0 Å². The molecule has 1 atom stereocenters. The quantitative estimate of drug-likeness (QED) is 0.718. The molecule has 0 aromatic rings. The zero-order valence-corrected chi connectivity index (χ0v) is 9.41. The molecule has 1 unspecified atom stereocenters. The maximum absolute atomic E-state index is 10.9. The fourth-order valence-corrected chi connectivity index (χ4v) is 1.28. The third kappa shape index (κ3) is 8.00. The van der Waals surface area contributed by atoms with Gasteiger partial charge in [0.1, 0.15) is 5.75 Å². The molecule has 0 aliphatic rings. The van der Waals surface area contributed by atoms with Crippen LogP contribution in [0.4, 0.5) is 0 Å². The Kier molecular flexibility index (Phi) is 4.77. The average molecular weight is 258 g/mol. The number of amides is 1. The van der Waals surface area contributed by atoms with Gasteiger partial charge in [-0.25, -0.2) is 8.42 Å². The van der Waals surface area contributed by atoms with Gasteiger partial charge in [0.2, 0.25) is 5.91 Å². The van der Waals surface area contributed by atoms with Crippen LogP contribution in [0.15, 0.2) is 0 Å². The number of hydrogen-bond donors (Lipinski definition) is 1. The van der Waals surface area contributed by atoms with E-state index in [1.54, 1.807) is 0 Å². The zero-order chi connectivity index (χ0) is 9.78. The number of carbonyl (C=O) groups excluding carboxylic acids is 1. The minimum absolute atomic E-state index is 0.154. The summed E-state index contributed by atoms with van der Waals surface area (Å²) < 4.78 is 21.2. The standard InChI is InChI=1S/C6H12BrNO3S/c1-5(7)3-8-6(9)4-12(2,10)11/h5H,3-4H2,1-2H3,(H,8,9). The molecule has 0 bridgehead atoms. The molecular formula is C6H12BrNO3S. The molecule has 72 valence electrons. The van der Waals surface area contributed by atoms with Crippen LogP contribution >= 0.6 is 15.9 Å². The van der Waals surface area contributed by atoms with Crippen LogP contribution < -0.4 is 5.32 Å². The Bertz CT molecular complexity index is 248. The lowest BCUT2D eigenvalue weighted by atomic mass is 10.5. The smallest absolute Gasteiger partial charge is 0.235 e. The van der Waals surface area contributed by atoms with E-state index >= 15 is 0 Å². The highest BCUT2D eigenvalue weighted by molar-refractivity contribution is 9.09. The van der Waals surface area contributed by atoms with Gasteiger partial charge in [-0.05, 0) is 0 Å². The number of sulfone groups is 1. The summed E-state index contributed by atoms with van der Waals surface area (Å²) >= 11 is 3.22. The van der Waals surface area contributed by atoms with Gasteiger partial charge in [0.05, 0.1) is 0 Å². The molecule has 0 saturated heterocycles. The van der Waals surface area contributed by atoms with E-state index in [2.05, 4.69) is 21.2 Å². The van der Waals surface area contributed by atoms with Crippen LogP contribution in [0.2, 0.25) is 0 Å². The molecule has 6 heteroatoms. The number of alkyl halides is 1. The lowest BCUT2D eigenvalue weighted by Gasteiger charge is -2.04. The second-order valence-corrected chi connectivity index (χ2v) is 6.36. The lowest BCUT2D eigenvalue weighted by molar-refractivity contribution is -0.118. The Labute approximate surface area is 80.8 Å². The molecule has 12 heavy (non-hydrogen) atoms. The van der Waals surface area contributed by atoms with Crippen molar-refractivity contribution in [1.82, 2.24) is 5.32 Å². The van der Waals surface area contributed by atoms with Crippen LogP contribution in [-0.2, 0) is 14.6 Å². The Balaban J connectivity index is 3.77. The first-order valence-electron chi connectivity index (χ1n) is 3.40. The van der Waals surface area contributed by atoms with Gasteiger partial charge in [-0.3, -0.25) is 4.79 Å². The van der Waals surface area contributed by atoms with E-state index < -0.39 is 21.5 Å². The molecule has 0 rings (SSSR count). The van der Waals surface area contributed by atoms with Crippen molar-refractivity contribution < 1.29 is 13.2 Å². The van der Waals surface area contributed by atoms with Crippen LogP contribution in [-0.4, -0.2) is 37.7 Å². The maximum atomic E-state index is 10.9. The van der Waals surface area contributed by atoms with Crippen molar-refractivity contribution >= 4 is 31.7 Å². The van der Waals surface area contributed by atoms with Gasteiger partial charge in [0.15, 0.2) is 9.84 Å². The monoisotopic (exact) mass is 257 g/mol. The van der Waals surface area contributed by atoms with E-state index in [9.17, 15) is 13.2 Å². The average Bonchev–Trinajstić information content (AvgIpc) is 1.79. The Hall–Kier alpha value is -0.100. The fourth-order valence-electron chi connectivity index (χ4n) is 0.544. The van der Waals surface area contributed by atoms with Gasteiger partial charge < -0.3 is 5.32 Å². The third-order valence-corrected chi connectivity index (χ3v) is 2.08. The first kappa shape index (κ1) is 11.9. The Morgan fingerprint density at radius 1 is 1.58 bits per heavy atom. The van der Waals surface area contributed by atoms with E-state index in [1.807, 2.05) is 6.92 Å². The maximum Gasteiger partial charge on any atom is 0.235 e. The summed E-state index contributed by atoms with van der Waals surface area (Å²) in [5.74, 6) is -0.893. The van der Waals surface area contributed by atoms with Crippen LogP contribution in [0.5, 0.6) is 0 Å². The molecule has 0 radical (unpaired) electrons. The molecular weight excluding hydrogens is 246 g/mol. The summed E-state index contributed by atoms with van der Waals surface area (Å²) in [5, 5.41) is 2.47. The summed E-state index contributed by atoms with van der Waals surface area (Å²) in [6.45, 7) is 2.30. The summed E-state index contributed by atoms with van der Waals surface area (Å²) in [6.07, 6.45) is 1.03. The first-order chi connectivity index (χ1) is 5.31. The largest absolute Gasteiger partial charge is 0.354 e. The molecule has 4 nitrogen and oxygen atoms in total. The van der Waals surface area contributed by atoms with E-state index in [0.29, 0.717) is 6.54 Å². The van der Waals surface area contributed by atoms with E-state index in [1.165, 1.54) is 0 Å². The van der Waals surface area contributed by atoms with Gasteiger partial charge >= 0.3 is 0 Å². The Morgan fingerprint density at radius 2 is 2.08 bits per heavy atom. The molecule has 1 N–H and O–H groups in total. The molecule has 0 spiro atoms. The van der Waals surface area contributed by atoms with Crippen molar-refractivity contribution in [2.75, 3.05) is 18.6 Å². The molecule has 0 aliphatic carbocycles. The van der Waals surface area contributed by atoms with E-state index in [0.717, 1.165) is 6.26 Å². The highest BCUT2D eigenvalue weighted by Gasteiger charge is 2.10. The van der Waals surface area contributed by atoms with E-state index in [-0.39, 0.29) is 4.83 Å². The summed E-state index contributed by atoms with van der Waals surface area (Å²) in [7, 11) is -3.20. The van der Waals surface area contributed by atoms with Crippen molar-refractivity contribution in [2.24, 2.45) is 0 Å². The number of carbonyl (C=O) groups is 1. The van der Waals surface area contributed by atoms with Gasteiger partial charge in [-0.1, -0.05) is 22.9 Å². The first-order valence-corrected chi connectivity index (χ1v) is 6.37. The van der Waals surface area contributed by atoms with Crippen molar-refractivity contribution in [2.45, 2.75) is 11.8 Å². The SMILES string of the molecule is CC(Br)CNC(=O)CS(C)(=O)=O. The fraction of sp³-hybridized carbons (Fsp3) is 0.833. The minimum Gasteiger partial charge on any atom is -0.354 e. The zero-order valence-electron chi connectivity index (χ0n) is 7.00. The number of hydrogen-bond acceptors (Lipinski definition) is 3. The normalized spacial score (nSPS) is 13.9. The summed E-state index contributed by atoms with van der Waals surface area (Å²) in [6, 6.07) is 0. The van der Waals surface area contributed by atoms with Crippen LogP contribution in [0.3, 0.4) is 0 Å². The molecule has 1 amide bonds. The minimum atomic E-state index is -3.20. The highest BCUT2D eigenvalue weighted by atomic mass is 79.9. The lowest BCUT2D eigenvalue weighted by Crippen LogP contribution is -2.33. The summed E-state index contributed by atoms with van der Waals surface area (Å²) in [4.78, 5) is 11.0. The molecule has 0 heterocycles. The number of halogens is 1. The van der Waals surface area contributed by atoms with Crippen molar-refractivity contribution in [3.63, 3.8) is 0 Å². The highest BCUT2D eigenvalue weighted by Crippen LogP contribution is 1.93. The molecule has 0 fully saturated rings. The predicted molar refractivity (Wildman–Crippen MR) is 51.1 cm³/mol. The predicted octanol–water partition coefficient (Wildman–Crippen LogP) is -0.0694. The van der Waals surface area contributed by atoms with Crippen LogP contribution in [0, 0.1) is 0 Å². The van der Waals surface area contributed by atoms with Crippen LogP contribution in [0.25, 0.3) is 0 Å². The van der Waals surface area contributed by atoms with Crippen molar-refractivity contribution in [3.05, 3.63) is 0 Å². The van der Waals surface area contributed by atoms with Gasteiger partial charge in [0, 0.05) is 17.6 Å². The van der Waals surface area contributed by atoms with Gasteiger partial charge in [-0.15, -0.1) is 0 Å². The van der Waals surface area contributed by atoms with Gasteiger partial charge in [-0.2, -0.15) is 0 Å². The molecule has 0 saturated carbocycles. The molecule has 0 aromatic heterocycles. The van der Waals surface area contributed by atoms with Crippen molar-refractivity contribution in [3.8, 4) is 0 Å². The topological polar surface area (TPSA) is 63.2 Å². The molecule has 0 aromatic carbocycles. The van der Waals surface area contributed by atoms with Crippen LogP contribution in [0.1, 0.15) is 6.92 Å². The van der Waals surface area contributed by atoms with Gasteiger partial charge in [0.25, 0.3) is 0 Å². The summed E-state index contributed by atoms with van der Waals surface area (Å²) in [5.41, 5.74) is 0. The number of nitrogens with one attached hydrogen (secondary N) is 1. The second-order valence-electron chi connectivity index (χ2n) is 2.65. The third-order valence-electron chi connectivity index (χ3n) is 0.974. The number of rotatable bonds is 4.